The summed E-state index contributed by atoms with van der Waals surface area (Å²) in [6.07, 6.45) is 4.34. The van der Waals surface area contributed by atoms with Crippen molar-refractivity contribution in [1.29, 1.82) is 0 Å². The third-order valence-electron chi connectivity index (χ3n) is 5.08. The van der Waals surface area contributed by atoms with Gasteiger partial charge in [0.25, 0.3) is 11.8 Å². The van der Waals surface area contributed by atoms with Crippen LogP contribution >= 0.6 is 28.1 Å². The fourth-order valence-corrected chi connectivity index (χ4v) is 3.89. The Labute approximate surface area is 219 Å². The fourth-order valence-electron chi connectivity index (χ4n) is 3.32. The number of unbranched alkanes of at least 4 members (excludes halogenated alkanes) is 3. The van der Waals surface area contributed by atoms with Gasteiger partial charge in [-0.2, -0.15) is 0 Å². The Balaban J connectivity index is 1.59. The number of carbonyl (C=O) groups is 2. The molecule has 0 atom stereocenters. The van der Waals surface area contributed by atoms with Crippen molar-refractivity contribution >= 4 is 56.4 Å². The van der Waals surface area contributed by atoms with Gasteiger partial charge in [-0.05, 0) is 67.2 Å². The number of anilines is 2. The summed E-state index contributed by atoms with van der Waals surface area (Å²) in [7, 11) is 0. The van der Waals surface area contributed by atoms with Gasteiger partial charge in [-0.25, -0.2) is 0 Å². The van der Waals surface area contributed by atoms with Gasteiger partial charge in [0.05, 0.1) is 12.2 Å². The number of rotatable bonds is 10. The third kappa shape index (κ3) is 8.49. The van der Waals surface area contributed by atoms with E-state index >= 15 is 0 Å². The maximum Gasteiger partial charge on any atom is 0.261 e. The summed E-state index contributed by atoms with van der Waals surface area (Å²) < 4.78 is 6.63. The normalized spacial score (nSPS) is 10.3. The zero-order chi connectivity index (χ0) is 25.0. The van der Waals surface area contributed by atoms with E-state index < -0.39 is 0 Å². The summed E-state index contributed by atoms with van der Waals surface area (Å²) in [4.78, 5) is 25.3. The Hall–Kier alpha value is -3.23. The van der Waals surface area contributed by atoms with E-state index in [0.29, 0.717) is 34.9 Å². The van der Waals surface area contributed by atoms with Gasteiger partial charge in [-0.15, -0.1) is 0 Å². The van der Waals surface area contributed by atoms with Gasteiger partial charge >= 0.3 is 0 Å². The Kier molecular flexibility index (Phi) is 10.3. The second-order valence-electron chi connectivity index (χ2n) is 7.86. The molecule has 0 radical (unpaired) electrons. The number of benzene rings is 3. The van der Waals surface area contributed by atoms with Crippen molar-refractivity contribution in [1.82, 2.24) is 5.32 Å². The summed E-state index contributed by atoms with van der Waals surface area (Å²) in [5.41, 5.74) is 2.18. The molecule has 0 unspecified atom stereocenters. The molecule has 0 fully saturated rings. The molecule has 0 aliphatic carbocycles. The molecule has 6 nitrogen and oxygen atoms in total. The molecule has 3 aromatic carbocycles. The molecule has 0 aliphatic heterocycles. The largest absolute Gasteiger partial charge is 0.493 e. The lowest BCUT2D eigenvalue weighted by Crippen LogP contribution is -2.34. The van der Waals surface area contributed by atoms with Crippen LogP contribution in [0.2, 0.25) is 0 Å². The highest BCUT2D eigenvalue weighted by atomic mass is 79.9. The minimum absolute atomic E-state index is 0.135. The van der Waals surface area contributed by atoms with E-state index in [-0.39, 0.29) is 16.9 Å². The predicted molar refractivity (Wildman–Crippen MR) is 148 cm³/mol. The van der Waals surface area contributed by atoms with Crippen molar-refractivity contribution < 1.29 is 14.3 Å². The van der Waals surface area contributed by atoms with Crippen LogP contribution in [0.1, 0.15) is 53.3 Å². The van der Waals surface area contributed by atoms with Gasteiger partial charge in [0, 0.05) is 21.4 Å². The minimum atomic E-state index is -0.374. The monoisotopic (exact) mass is 553 g/mol. The molecule has 0 aromatic heterocycles. The molecule has 0 heterocycles. The van der Waals surface area contributed by atoms with Crippen molar-refractivity contribution in [2.45, 2.75) is 32.6 Å². The third-order valence-corrected chi connectivity index (χ3v) is 5.78. The molecule has 2 amide bonds. The zero-order valence-electron chi connectivity index (χ0n) is 19.5. The van der Waals surface area contributed by atoms with Crippen LogP contribution in [0.4, 0.5) is 11.4 Å². The average Bonchev–Trinajstić information content (AvgIpc) is 2.85. The van der Waals surface area contributed by atoms with E-state index in [1.807, 2.05) is 24.3 Å². The fraction of sp³-hybridized carbons (Fsp3) is 0.222. The number of amides is 2. The topological polar surface area (TPSA) is 79.5 Å². The van der Waals surface area contributed by atoms with Crippen LogP contribution in [0.5, 0.6) is 5.75 Å². The molecule has 3 N–H and O–H groups in total. The van der Waals surface area contributed by atoms with E-state index in [4.69, 9.17) is 17.0 Å². The van der Waals surface area contributed by atoms with E-state index in [9.17, 15) is 9.59 Å². The molecule has 0 saturated carbocycles. The van der Waals surface area contributed by atoms with Crippen LogP contribution in [0.3, 0.4) is 0 Å². The number of halogens is 1. The lowest BCUT2D eigenvalue weighted by Gasteiger charge is -2.14. The van der Waals surface area contributed by atoms with Crippen molar-refractivity contribution in [3.63, 3.8) is 0 Å². The zero-order valence-corrected chi connectivity index (χ0v) is 21.9. The highest BCUT2D eigenvalue weighted by molar-refractivity contribution is 9.10. The first-order valence-electron chi connectivity index (χ1n) is 11.5. The highest BCUT2D eigenvalue weighted by Crippen LogP contribution is 2.24. The van der Waals surface area contributed by atoms with Crippen molar-refractivity contribution in [3.8, 4) is 5.75 Å². The molecule has 35 heavy (non-hydrogen) atoms. The van der Waals surface area contributed by atoms with Gasteiger partial charge in [-0.3, -0.25) is 14.9 Å². The molecule has 0 bridgehead atoms. The number of hydrogen-bond acceptors (Lipinski definition) is 4. The smallest absolute Gasteiger partial charge is 0.261 e. The maximum absolute atomic E-state index is 12.9. The van der Waals surface area contributed by atoms with Crippen LogP contribution in [0.25, 0.3) is 0 Å². The molecule has 0 aliphatic rings. The molecule has 3 aromatic rings. The Morgan fingerprint density at radius 1 is 0.857 bits per heavy atom. The van der Waals surface area contributed by atoms with E-state index in [1.54, 1.807) is 48.5 Å². The Morgan fingerprint density at radius 2 is 1.60 bits per heavy atom. The standard InChI is InChI=1S/C27H28BrN3O3S/c1-2-3-4-8-16-34-24-15-14-20(28)17-23(24)26(33)31-27(35)30-22-13-9-12-21(18-22)29-25(32)19-10-6-5-7-11-19/h5-7,9-15,17-18H,2-4,8,16H2,1H3,(H,29,32)(H2,30,31,33,35). The SMILES string of the molecule is CCCCCCOc1ccc(Br)cc1C(=O)NC(=S)Nc1cccc(NC(=O)c2ccccc2)c1. The number of hydrogen-bond donors (Lipinski definition) is 3. The molecular formula is C27H28BrN3O3S. The number of thiocarbonyl (C=S) groups is 1. The second-order valence-corrected chi connectivity index (χ2v) is 9.18. The van der Waals surface area contributed by atoms with Crippen LogP contribution in [0, 0.1) is 0 Å². The van der Waals surface area contributed by atoms with E-state index in [1.165, 1.54) is 0 Å². The van der Waals surface area contributed by atoms with Gasteiger partial charge in [0.1, 0.15) is 5.75 Å². The van der Waals surface area contributed by atoms with Gasteiger partial charge in [0.2, 0.25) is 0 Å². The Morgan fingerprint density at radius 3 is 2.34 bits per heavy atom. The summed E-state index contributed by atoms with van der Waals surface area (Å²) in [5, 5.41) is 8.68. The van der Waals surface area contributed by atoms with E-state index in [0.717, 1.165) is 30.2 Å². The van der Waals surface area contributed by atoms with Crippen LogP contribution in [-0.4, -0.2) is 23.5 Å². The summed E-state index contributed by atoms with van der Waals surface area (Å²) in [5.74, 6) is -0.0768. The summed E-state index contributed by atoms with van der Waals surface area (Å²) >= 11 is 8.76. The Bertz CT molecular complexity index is 1170. The molecule has 3 rings (SSSR count). The van der Waals surface area contributed by atoms with Crippen LogP contribution in [0.15, 0.2) is 77.3 Å². The van der Waals surface area contributed by atoms with E-state index in [2.05, 4.69) is 38.8 Å². The van der Waals surface area contributed by atoms with Gasteiger partial charge < -0.3 is 15.4 Å². The lowest BCUT2D eigenvalue weighted by atomic mass is 10.2. The van der Waals surface area contributed by atoms with Crippen molar-refractivity contribution in [2.75, 3.05) is 17.2 Å². The lowest BCUT2D eigenvalue weighted by molar-refractivity contribution is 0.0972. The predicted octanol–water partition coefficient (Wildman–Crippen LogP) is 6.79. The highest BCUT2D eigenvalue weighted by Gasteiger charge is 2.15. The number of nitrogens with one attached hydrogen (secondary N) is 3. The number of carbonyl (C=O) groups excluding carboxylic acids is 2. The molecule has 0 saturated heterocycles. The first-order chi connectivity index (χ1) is 17.0. The molecular weight excluding hydrogens is 526 g/mol. The van der Waals surface area contributed by atoms with Crippen molar-refractivity contribution in [2.24, 2.45) is 0 Å². The first kappa shape index (κ1) is 26.4. The van der Waals surface area contributed by atoms with Crippen LogP contribution in [-0.2, 0) is 0 Å². The number of ether oxygens (including phenoxy) is 1. The average molecular weight is 555 g/mol. The van der Waals surface area contributed by atoms with Gasteiger partial charge in [-0.1, -0.05) is 66.4 Å². The quantitative estimate of drug-likeness (QED) is 0.190. The van der Waals surface area contributed by atoms with Crippen molar-refractivity contribution in [3.05, 3.63) is 88.4 Å². The summed E-state index contributed by atoms with van der Waals surface area (Å²) in [6, 6.07) is 21.4. The summed E-state index contributed by atoms with van der Waals surface area (Å²) in [6.45, 7) is 2.71. The first-order valence-corrected chi connectivity index (χ1v) is 12.7. The molecule has 0 spiro atoms. The molecule has 8 heteroatoms. The minimum Gasteiger partial charge on any atom is -0.493 e. The maximum atomic E-state index is 12.9. The molecule has 182 valence electrons. The second kappa shape index (κ2) is 13.6. The van der Waals surface area contributed by atoms with Gasteiger partial charge in [0.15, 0.2) is 5.11 Å². The van der Waals surface area contributed by atoms with Crippen LogP contribution < -0.4 is 20.7 Å².